The second kappa shape index (κ2) is 4.21. The summed E-state index contributed by atoms with van der Waals surface area (Å²) in [5.74, 6) is -0.00231. The Hall–Kier alpha value is -0.900. The van der Waals surface area contributed by atoms with Crippen LogP contribution in [0, 0.1) is 5.51 Å². The lowest BCUT2D eigenvalue weighted by molar-refractivity contribution is 0.0768. The van der Waals surface area contributed by atoms with E-state index in [-0.39, 0.29) is 5.91 Å². The number of carbonyl (C=O) groups is 1. The molecule has 1 aromatic rings. The average Bonchev–Trinajstić information content (AvgIpc) is 2.58. The van der Waals surface area contributed by atoms with Gasteiger partial charge in [-0.15, -0.1) is 11.3 Å². The number of nitrogens with zero attached hydrogens (tertiary/aromatic N) is 2. The molecule has 4 heteroatoms. The van der Waals surface area contributed by atoms with Crippen LogP contribution in [0.1, 0.15) is 24.3 Å². The first-order chi connectivity index (χ1) is 5.79. The molecular formula is C8H11N2OS. The first kappa shape index (κ1) is 9.19. The van der Waals surface area contributed by atoms with E-state index in [2.05, 4.69) is 10.5 Å². The standard InChI is InChI=1S/C8H11N2OS/c1-3-10(4-2)8(11)7-5-12-6-9-7/h5H,3-4H2,1-2H3. The van der Waals surface area contributed by atoms with Crippen molar-refractivity contribution in [2.45, 2.75) is 13.8 Å². The highest BCUT2D eigenvalue weighted by molar-refractivity contribution is 7.07. The monoisotopic (exact) mass is 183 g/mol. The normalized spacial score (nSPS) is 9.83. The zero-order valence-corrected chi connectivity index (χ0v) is 8.02. The third-order valence-electron chi connectivity index (χ3n) is 1.66. The minimum atomic E-state index is -0.00231. The van der Waals surface area contributed by atoms with Crippen molar-refractivity contribution in [2.24, 2.45) is 0 Å². The van der Waals surface area contributed by atoms with Gasteiger partial charge < -0.3 is 4.90 Å². The average molecular weight is 183 g/mol. The predicted octanol–water partition coefficient (Wildman–Crippen LogP) is 1.43. The molecule has 0 aromatic carbocycles. The van der Waals surface area contributed by atoms with E-state index in [1.807, 2.05) is 13.8 Å². The SMILES string of the molecule is CCN(CC)C(=O)c1cs[c]n1. The summed E-state index contributed by atoms with van der Waals surface area (Å²) in [6, 6.07) is 0. The second-order valence-electron chi connectivity index (χ2n) is 2.30. The molecule has 0 saturated carbocycles. The Labute approximate surface area is 76.0 Å². The highest BCUT2D eigenvalue weighted by atomic mass is 32.1. The lowest BCUT2D eigenvalue weighted by Gasteiger charge is -2.16. The molecule has 1 heterocycles. The molecule has 0 aliphatic heterocycles. The molecule has 0 unspecified atom stereocenters. The Morgan fingerprint density at radius 2 is 2.33 bits per heavy atom. The maximum Gasteiger partial charge on any atom is 0.273 e. The van der Waals surface area contributed by atoms with Crippen LogP contribution in [-0.2, 0) is 0 Å². The number of hydrogen-bond donors (Lipinski definition) is 0. The fourth-order valence-corrected chi connectivity index (χ4v) is 1.42. The van der Waals surface area contributed by atoms with Crippen LogP contribution >= 0.6 is 11.3 Å². The van der Waals surface area contributed by atoms with Crippen LogP contribution < -0.4 is 0 Å². The Balaban J connectivity index is 2.70. The van der Waals surface area contributed by atoms with Crippen molar-refractivity contribution in [1.82, 2.24) is 9.88 Å². The van der Waals surface area contributed by atoms with Crippen LogP contribution in [0.3, 0.4) is 0 Å². The van der Waals surface area contributed by atoms with Gasteiger partial charge in [-0.1, -0.05) is 0 Å². The molecule has 0 spiro atoms. The van der Waals surface area contributed by atoms with Gasteiger partial charge in [-0.25, -0.2) is 4.98 Å². The molecule has 0 N–H and O–H groups in total. The van der Waals surface area contributed by atoms with Crippen molar-refractivity contribution in [3.8, 4) is 0 Å². The zero-order chi connectivity index (χ0) is 8.97. The van der Waals surface area contributed by atoms with Gasteiger partial charge in [-0.3, -0.25) is 4.79 Å². The fourth-order valence-electron chi connectivity index (χ4n) is 0.955. The van der Waals surface area contributed by atoms with E-state index in [1.165, 1.54) is 11.3 Å². The maximum atomic E-state index is 11.5. The van der Waals surface area contributed by atoms with Crippen molar-refractivity contribution in [3.05, 3.63) is 16.6 Å². The van der Waals surface area contributed by atoms with Crippen molar-refractivity contribution >= 4 is 17.2 Å². The van der Waals surface area contributed by atoms with Crippen molar-refractivity contribution in [3.63, 3.8) is 0 Å². The summed E-state index contributed by atoms with van der Waals surface area (Å²) in [6.45, 7) is 5.37. The summed E-state index contributed by atoms with van der Waals surface area (Å²) in [7, 11) is 0. The molecule has 0 fully saturated rings. The van der Waals surface area contributed by atoms with Crippen molar-refractivity contribution in [1.29, 1.82) is 0 Å². The Morgan fingerprint density at radius 3 is 2.75 bits per heavy atom. The van der Waals surface area contributed by atoms with Gasteiger partial charge in [0, 0.05) is 18.5 Å². The minimum absolute atomic E-state index is 0.00231. The smallest absolute Gasteiger partial charge is 0.273 e. The third-order valence-corrected chi connectivity index (χ3v) is 2.20. The van der Waals surface area contributed by atoms with E-state index in [0.29, 0.717) is 5.69 Å². The molecule has 0 saturated heterocycles. The topological polar surface area (TPSA) is 33.2 Å². The Kier molecular flexibility index (Phi) is 3.22. The van der Waals surface area contributed by atoms with Gasteiger partial charge >= 0.3 is 0 Å². The minimum Gasteiger partial charge on any atom is -0.338 e. The van der Waals surface area contributed by atoms with Crippen LogP contribution in [0.4, 0.5) is 0 Å². The lowest BCUT2D eigenvalue weighted by Crippen LogP contribution is -2.30. The van der Waals surface area contributed by atoms with Crippen molar-refractivity contribution in [2.75, 3.05) is 13.1 Å². The van der Waals surface area contributed by atoms with Gasteiger partial charge in [-0.05, 0) is 13.8 Å². The van der Waals surface area contributed by atoms with Gasteiger partial charge in [0.05, 0.1) is 0 Å². The zero-order valence-electron chi connectivity index (χ0n) is 7.20. The molecule has 1 amide bonds. The molecular weight excluding hydrogens is 172 g/mol. The number of aromatic nitrogens is 1. The summed E-state index contributed by atoms with van der Waals surface area (Å²) in [4.78, 5) is 17.1. The molecule has 0 aliphatic rings. The van der Waals surface area contributed by atoms with Gasteiger partial charge in [0.25, 0.3) is 5.91 Å². The molecule has 1 radical (unpaired) electrons. The van der Waals surface area contributed by atoms with E-state index in [1.54, 1.807) is 10.3 Å². The molecule has 12 heavy (non-hydrogen) atoms. The first-order valence-electron chi connectivity index (χ1n) is 3.90. The van der Waals surface area contributed by atoms with E-state index < -0.39 is 0 Å². The van der Waals surface area contributed by atoms with Gasteiger partial charge in [0.15, 0.2) is 5.51 Å². The molecule has 0 aliphatic carbocycles. The van der Waals surface area contributed by atoms with E-state index in [0.717, 1.165) is 13.1 Å². The number of amides is 1. The summed E-state index contributed by atoms with van der Waals surface area (Å²) in [5.41, 5.74) is 3.16. The highest BCUT2D eigenvalue weighted by Gasteiger charge is 2.13. The first-order valence-corrected chi connectivity index (χ1v) is 4.78. The molecule has 1 aromatic heterocycles. The molecule has 3 nitrogen and oxygen atoms in total. The maximum absolute atomic E-state index is 11.5. The molecule has 0 bridgehead atoms. The Morgan fingerprint density at radius 1 is 1.67 bits per heavy atom. The predicted molar refractivity (Wildman–Crippen MR) is 48.2 cm³/mol. The van der Waals surface area contributed by atoms with Crippen LogP contribution in [0.2, 0.25) is 0 Å². The molecule has 65 valence electrons. The van der Waals surface area contributed by atoms with Gasteiger partial charge in [0.2, 0.25) is 0 Å². The van der Waals surface area contributed by atoms with Gasteiger partial charge in [0.1, 0.15) is 5.69 Å². The number of thiazole rings is 1. The molecule has 1 rings (SSSR count). The van der Waals surface area contributed by atoms with Gasteiger partial charge in [-0.2, -0.15) is 0 Å². The quantitative estimate of drug-likeness (QED) is 0.710. The van der Waals surface area contributed by atoms with Crippen LogP contribution in [0.25, 0.3) is 0 Å². The largest absolute Gasteiger partial charge is 0.338 e. The summed E-state index contributed by atoms with van der Waals surface area (Å²) < 4.78 is 0. The lowest BCUT2D eigenvalue weighted by atomic mass is 10.4. The van der Waals surface area contributed by atoms with Crippen molar-refractivity contribution < 1.29 is 4.79 Å². The summed E-state index contributed by atoms with van der Waals surface area (Å²) in [5, 5.41) is 1.72. The van der Waals surface area contributed by atoms with Crippen LogP contribution in [-0.4, -0.2) is 28.9 Å². The van der Waals surface area contributed by atoms with E-state index in [4.69, 9.17) is 0 Å². The van der Waals surface area contributed by atoms with E-state index in [9.17, 15) is 4.79 Å². The second-order valence-corrected chi connectivity index (χ2v) is 2.96. The number of hydrogen-bond acceptors (Lipinski definition) is 3. The fraction of sp³-hybridized carbons (Fsp3) is 0.500. The summed E-state index contributed by atoms with van der Waals surface area (Å²) in [6.07, 6.45) is 0. The number of rotatable bonds is 3. The van der Waals surface area contributed by atoms with Crippen LogP contribution in [0.15, 0.2) is 5.38 Å². The van der Waals surface area contributed by atoms with Crippen LogP contribution in [0.5, 0.6) is 0 Å². The highest BCUT2D eigenvalue weighted by Crippen LogP contribution is 2.04. The van der Waals surface area contributed by atoms with E-state index >= 15 is 0 Å². The number of carbonyl (C=O) groups excluding carboxylic acids is 1. The third kappa shape index (κ3) is 1.82. The summed E-state index contributed by atoms with van der Waals surface area (Å²) >= 11 is 1.32. The molecule has 0 atom stereocenters. The Bertz CT molecular complexity index is 242.